The van der Waals surface area contributed by atoms with Crippen LogP contribution in [0.5, 0.6) is 0 Å². The van der Waals surface area contributed by atoms with Gasteiger partial charge in [-0.15, -0.1) is 5.10 Å². The highest BCUT2D eigenvalue weighted by Crippen LogP contribution is 2.36. The molecule has 7 heteroatoms. The van der Waals surface area contributed by atoms with Crippen molar-refractivity contribution < 1.29 is 4.74 Å². The van der Waals surface area contributed by atoms with E-state index in [0.717, 1.165) is 28.8 Å². The molecule has 0 bridgehead atoms. The van der Waals surface area contributed by atoms with Crippen LogP contribution in [0.1, 0.15) is 17.2 Å². The molecule has 2 atom stereocenters. The third-order valence-electron chi connectivity index (χ3n) is 4.75. The molecule has 0 aliphatic carbocycles. The van der Waals surface area contributed by atoms with Gasteiger partial charge in [-0.05, 0) is 6.07 Å². The third-order valence-corrected chi connectivity index (χ3v) is 4.75. The second kappa shape index (κ2) is 6.15. The summed E-state index contributed by atoms with van der Waals surface area (Å²) in [5, 5.41) is 18.9. The normalized spacial score (nSPS) is 20.1. The third kappa shape index (κ3) is 2.61. The van der Waals surface area contributed by atoms with Gasteiger partial charge in [-0.25, -0.2) is 0 Å². The van der Waals surface area contributed by atoms with Gasteiger partial charge < -0.3 is 9.64 Å². The molecule has 1 aliphatic rings. The van der Waals surface area contributed by atoms with E-state index in [1.807, 2.05) is 37.5 Å². The Morgan fingerprint density at radius 3 is 2.84 bits per heavy atom. The van der Waals surface area contributed by atoms with E-state index in [2.05, 4.69) is 26.3 Å². The lowest BCUT2D eigenvalue weighted by atomic mass is 10.0. The topological polar surface area (TPSA) is 79.9 Å². The lowest BCUT2D eigenvalue weighted by molar-refractivity contribution is 0.106. The summed E-state index contributed by atoms with van der Waals surface area (Å²) < 4.78 is 7.41. The lowest BCUT2D eigenvalue weighted by Crippen LogP contribution is -2.23. The molecule has 3 aromatic rings. The molecule has 0 radical (unpaired) electrons. The molecule has 25 heavy (non-hydrogen) atoms. The number of para-hydroxylation sites is 1. The van der Waals surface area contributed by atoms with Crippen LogP contribution in [0.2, 0.25) is 0 Å². The summed E-state index contributed by atoms with van der Waals surface area (Å²) in [6, 6.07) is 10.2. The van der Waals surface area contributed by atoms with Crippen LogP contribution in [-0.4, -0.2) is 46.3 Å². The second-order valence-electron chi connectivity index (χ2n) is 6.25. The van der Waals surface area contributed by atoms with Gasteiger partial charge in [0, 0.05) is 45.0 Å². The van der Waals surface area contributed by atoms with Crippen LogP contribution in [0.3, 0.4) is 0 Å². The van der Waals surface area contributed by atoms with E-state index >= 15 is 0 Å². The molecule has 1 saturated heterocycles. The molecule has 2 aromatic heterocycles. The quantitative estimate of drug-likeness (QED) is 0.727. The maximum atomic E-state index is 9.57. The Kier molecular flexibility index (Phi) is 3.82. The van der Waals surface area contributed by atoms with E-state index in [9.17, 15) is 5.26 Å². The molecule has 3 heterocycles. The first-order chi connectivity index (χ1) is 12.2. The second-order valence-corrected chi connectivity index (χ2v) is 6.25. The number of rotatable bonds is 3. The number of pyridine rings is 1. The summed E-state index contributed by atoms with van der Waals surface area (Å²) in [5.74, 6) is 0.108. The fourth-order valence-electron chi connectivity index (χ4n) is 3.56. The largest absolute Gasteiger partial charge is 0.379 e. The van der Waals surface area contributed by atoms with Gasteiger partial charge in [0.25, 0.3) is 0 Å². The number of aromatic nitrogens is 4. The molecular formula is C18H18N6O. The van der Waals surface area contributed by atoms with Crippen molar-refractivity contribution in [2.24, 2.45) is 7.05 Å². The molecule has 4 rings (SSSR count). The average molecular weight is 334 g/mol. The van der Waals surface area contributed by atoms with Crippen molar-refractivity contribution >= 4 is 16.6 Å². The number of aryl methyl sites for hydroxylation is 1. The van der Waals surface area contributed by atoms with E-state index < -0.39 is 0 Å². The van der Waals surface area contributed by atoms with Crippen LogP contribution in [-0.2, 0) is 11.8 Å². The van der Waals surface area contributed by atoms with Gasteiger partial charge in [0.05, 0.1) is 34.5 Å². The maximum absolute atomic E-state index is 9.57. The van der Waals surface area contributed by atoms with Gasteiger partial charge in [-0.1, -0.05) is 23.4 Å². The van der Waals surface area contributed by atoms with Gasteiger partial charge in [-0.2, -0.15) is 5.26 Å². The number of nitrogens with zero attached hydrogens (tertiary/aromatic N) is 6. The monoisotopic (exact) mass is 334 g/mol. The number of fused-ring (bicyclic) bond motifs is 1. The lowest BCUT2D eigenvalue weighted by Gasteiger charge is -2.21. The predicted octanol–water partition coefficient (Wildman–Crippen LogP) is 1.85. The van der Waals surface area contributed by atoms with Crippen molar-refractivity contribution in [3.8, 4) is 6.07 Å². The minimum Gasteiger partial charge on any atom is -0.379 e. The number of benzene rings is 1. The molecular weight excluding hydrogens is 316 g/mol. The highest BCUT2D eigenvalue weighted by molar-refractivity contribution is 5.94. The van der Waals surface area contributed by atoms with E-state index in [0.29, 0.717) is 12.1 Å². The zero-order valence-electron chi connectivity index (χ0n) is 14.1. The molecule has 0 spiro atoms. The molecule has 7 nitrogen and oxygen atoms in total. The summed E-state index contributed by atoms with van der Waals surface area (Å²) in [6.07, 6.45) is 3.57. The van der Waals surface area contributed by atoms with E-state index in [1.54, 1.807) is 18.0 Å². The molecule has 1 fully saturated rings. The Morgan fingerprint density at radius 1 is 1.28 bits per heavy atom. The predicted molar refractivity (Wildman–Crippen MR) is 93.2 cm³/mol. The molecule has 1 aromatic carbocycles. The van der Waals surface area contributed by atoms with Crippen LogP contribution in [0.4, 0.5) is 5.69 Å². The molecule has 0 amide bonds. The minimum absolute atomic E-state index is 0.00447. The summed E-state index contributed by atoms with van der Waals surface area (Å²) in [4.78, 5) is 6.60. The Balaban J connectivity index is 1.78. The minimum atomic E-state index is -0.00447. The zero-order chi connectivity index (χ0) is 17.4. The molecule has 1 aliphatic heterocycles. The number of hydrogen-bond donors (Lipinski definition) is 0. The highest BCUT2D eigenvalue weighted by atomic mass is 16.5. The number of anilines is 1. The van der Waals surface area contributed by atoms with E-state index in [4.69, 9.17) is 4.74 Å². The van der Waals surface area contributed by atoms with Gasteiger partial charge >= 0.3 is 0 Å². The van der Waals surface area contributed by atoms with E-state index in [1.165, 1.54) is 0 Å². The van der Waals surface area contributed by atoms with Gasteiger partial charge in [0.1, 0.15) is 6.07 Å². The first-order valence-electron chi connectivity index (χ1n) is 8.13. The smallest absolute Gasteiger partial charge is 0.103 e. The number of ether oxygens (including phenoxy) is 1. The van der Waals surface area contributed by atoms with Gasteiger partial charge in [0.15, 0.2) is 0 Å². The summed E-state index contributed by atoms with van der Waals surface area (Å²) >= 11 is 0. The Labute approximate surface area is 145 Å². The number of methoxy groups -OCH3 is 1. The SMILES string of the molecule is CO[C@@H]1CN(c2c(C#N)cnc3ccccc23)C[C@H]1c1cn(C)nn1. The van der Waals surface area contributed by atoms with Crippen molar-refractivity contribution in [3.63, 3.8) is 0 Å². The fourth-order valence-corrected chi connectivity index (χ4v) is 3.56. The Hall–Kier alpha value is -2.98. The van der Waals surface area contributed by atoms with Crippen LogP contribution in [0.15, 0.2) is 36.7 Å². The van der Waals surface area contributed by atoms with Crippen molar-refractivity contribution in [1.82, 2.24) is 20.0 Å². The van der Waals surface area contributed by atoms with Crippen molar-refractivity contribution in [2.75, 3.05) is 25.1 Å². The number of nitriles is 1. The number of hydrogen-bond acceptors (Lipinski definition) is 6. The first-order valence-corrected chi connectivity index (χ1v) is 8.13. The standard InChI is InChI=1S/C18H18N6O/c1-23-10-16(21-22-23)14-9-24(11-17(14)25-2)18-12(7-19)8-20-15-6-4-3-5-13(15)18/h3-6,8,10,14,17H,9,11H2,1-2H3/t14-,17+/m0/s1. The van der Waals surface area contributed by atoms with Crippen LogP contribution >= 0.6 is 0 Å². The molecule has 0 unspecified atom stereocenters. The fraction of sp³-hybridized carbons (Fsp3) is 0.333. The van der Waals surface area contributed by atoms with Crippen molar-refractivity contribution in [3.05, 3.63) is 47.9 Å². The molecule has 126 valence electrons. The summed E-state index contributed by atoms with van der Waals surface area (Å²) in [5.41, 5.74) is 3.29. The Morgan fingerprint density at radius 2 is 2.12 bits per heavy atom. The van der Waals surface area contributed by atoms with Crippen molar-refractivity contribution in [2.45, 2.75) is 12.0 Å². The highest BCUT2D eigenvalue weighted by Gasteiger charge is 2.37. The summed E-state index contributed by atoms with van der Waals surface area (Å²) in [7, 11) is 3.57. The Bertz CT molecular complexity index is 960. The zero-order valence-corrected chi connectivity index (χ0v) is 14.1. The van der Waals surface area contributed by atoms with Gasteiger partial charge in [-0.3, -0.25) is 9.67 Å². The maximum Gasteiger partial charge on any atom is 0.103 e. The molecule has 0 saturated carbocycles. The first kappa shape index (κ1) is 15.5. The van der Waals surface area contributed by atoms with Gasteiger partial charge in [0.2, 0.25) is 0 Å². The van der Waals surface area contributed by atoms with Crippen LogP contribution in [0, 0.1) is 11.3 Å². The average Bonchev–Trinajstić information content (AvgIpc) is 3.26. The van der Waals surface area contributed by atoms with Crippen LogP contribution < -0.4 is 4.90 Å². The van der Waals surface area contributed by atoms with E-state index in [-0.39, 0.29) is 12.0 Å². The van der Waals surface area contributed by atoms with Crippen LogP contribution in [0.25, 0.3) is 10.9 Å². The molecule has 0 N–H and O–H groups in total. The van der Waals surface area contributed by atoms with Crippen molar-refractivity contribution in [1.29, 1.82) is 5.26 Å². The summed E-state index contributed by atoms with van der Waals surface area (Å²) in [6.45, 7) is 1.42.